The summed E-state index contributed by atoms with van der Waals surface area (Å²) in [5.74, 6) is 1.20. The van der Waals surface area contributed by atoms with Crippen molar-refractivity contribution in [3.05, 3.63) is 28.8 Å². The van der Waals surface area contributed by atoms with Gasteiger partial charge in [-0.25, -0.2) is 4.98 Å². The van der Waals surface area contributed by atoms with Crippen molar-refractivity contribution in [3.8, 4) is 0 Å². The van der Waals surface area contributed by atoms with Gasteiger partial charge < -0.3 is 10.2 Å². The molecular formula is C12H14BrN3. The summed E-state index contributed by atoms with van der Waals surface area (Å²) in [4.78, 5) is 6.63. The number of rotatable bonds is 0. The molecule has 0 saturated heterocycles. The topological polar surface area (TPSA) is 28.2 Å². The van der Waals surface area contributed by atoms with Crippen molar-refractivity contribution in [2.75, 3.05) is 10.2 Å². The molecule has 2 aliphatic rings. The average Bonchev–Trinajstić information content (AvgIpc) is 2.56. The van der Waals surface area contributed by atoms with Crippen LogP contribution in [0.2, 0.25) is 0 Å². The van der Waals surface area contributed by atoms with Crippen molar-refractivity contribution in [1.82, 2.24) is 4.98 Å². The fraction of sp³-hybridized carbons (Fsp3) is 0.417. The number of allylic oxidation sites excluding steroid dienone is 1. The number of aromatic nitrogens is 1. The second-order valence-corrected chi connectivity index (χ2v) is 5.74. The van der Waals surface area contributed by atoms with Crippen LogP contribution in [0.3, 0.4) is 0 Å². The molecule has 0 unspecified atom stereocenters. The van der Waals surface area contributed by atoms with Crippen LogP contribution in [-0.4, -0.2) is 10.5 Å². The first-order valence-corrected chi connectivity index (χ1v) is 6.30. The van der Waals surface area contributed by atoms with E-state index in [1.807, 2.05) is 6.20 Å². The van der Waals surface area contributed by atoms with Crippen LogP contribution < -0.4 is 10.2 Å². The molecule has 0 aromatic carbocycles. The number of hydrogen-bond donors (Lipinski definition) is 1. The van der Waals surface area contributed by atoms with Crippen LogP contribution in [0.1, 0.15) is 26.7 Å². The molecule has 1 aromatic rings. The molecule has 1 N–H and O–H groups in total. The maximum absolute atomic E-state index is 4.26. The van der Waals surface area contributed by atoms with E-state index in [9.17, 15) is 0 Å². The van der Waals surface area contributed by atoms with E-state index < -0.39 is 0 Å². The highest BCUT2D eigenvalue weighted by molar-refractivity contribution is 9.10. The number of fused-ring (bicyclic) bond motifs is 3. The molecule has 1 aromatic heterocycles. The Bertz CT molecular complexity index is 479. The highest BCUT2D eigenvalue weighted by atomic mass is 79.9. The number of hydrogen-bond acceptors (Lipinski definition) is 3. The van der Waals surface area contributed by atoms with Crippen LogP contribution in [0.5, 0.6) is 0 Å². The molecular weight excluding hydrogens is 266 g/mol. The Morgan fingerprint density at radius 1 is 1.50 bits per heavy atom. The van der Waals surface area contributed by atoms with Gasteiger partial charge in [-0.05, 0) is 54.8 Å². The third-order valence-electron chi connectivity index (χ3n) is 3.29. The van der Waals surface area contributed by atoms with Crippen molar-refractivity contribution in [1.29, 1.82) is 0 Å². The van der Waals surface area contributed by atoms with Gasteiger partial charge in [0, 0.05) is 5.54 Å². The first kappa shape index (κ1) is 10.1. The second kappa shape index (κ2) is 3.23. The zero-order valence-electron chi connectivity index (χ0n) is 9.42. The lowest BCUT2D eigenvalue weighted by molar-refractivity contribution is 0.444. The van der Waals surface area contributed by atoms with Crippen LogP contribution >= 0.6 is 15.9 Å². The molecule has 2 aliphatic heterocycles. The Balaban J connectivity index is 2.16. The van der Waals surface area contributed by atoms with Gasteiger partial charge in [-0.15, -0.1) is 0 Å². The molecule has 0 bridgehead atoms. The van der Waals surface area contributed by atoms with Gasteiger partial charge in [0.2, 0.25) is 0 Å². The maximum atomic E-state index is 4.26. The van der Waals surface area contributed by atoms with E-state index in [2.05, 4.69) is 57.1 Å². The summed E-state index contributed by atoms with van der Waals surface area (Å²) in [7, 11) is 0. The lowest BCUT2D eigenvalue weighted by Crippen LogP contribution is -2.44. The van der Waals surface area contributed by atoms with Crippen molar-refractivity contribution in [2.24, 2.45) is 0 Å². The first-order chi connectivity index (χ1) is 7.58. The first-order valence-electron chi connectivity index (χ1n) is 5.51. The summed E-state index contributed by atoms with van der Waals surface area (Å²) in [5, 5.41) is 3.42. The Labute approximate surface area is 104 Å². The minimum atomic E-state index is 0.170. The van der Waals surface area contributed by atoms with Crippen LogP contribution in [0.15, 0.2) is 28.8 Å². The summed E-state index contributed by atoms with van der Waals surface area (Å²) in [6.45, 7) is 4.57. The quantitative estimate of drug-likeness (QED) is 0.737. The predicted octanol–water partition coefficient (Wildman–Crippen LogP) is 3.49. The lowest BCUT2D eigenvalue weighted by atomic mass is 9.92. The summed E-state index contributed by atoms with van der Waals surface area (Å²) in [5.41, 5.74) is 2.49. The predicted molar refractivity (Wildman–Crippen MR) is 69.4 cm³/mol. The van der Waals surface area contributed by atoms with E-state index in [1.165, 1.54) is 17.9 Å². The molecule has 0 radical (unpaired) electrons. The van der Waals surface area contributed by atoms with Crippen LogP contribution in [0, 0.1) is 0 Å². The van der Waals surface area contributed by atoms with E-state index in [1.54, 1.807) is 0 Å². The van der Waals surface area contributed by atoms with E-state index in [0.29, 0.717) is 0 Å². The smallest absolute Gasteiger partial charge is 0.108 e. The highest BCUT2D eigenvalue weighted by Gasteiger charge is 2.37. The Kier molecular flexibility index (Phi) is 2.05. The Morgan fingerprint density at radius 3 is 3.12 bits per heavy atom. The number of pyridine rings is 1. The minimum Gasteiger partial charge on any atom is -0.339 e. The van der Waals surface area contributed by atoms with Gasteiger partial charge in [0.05, 0.1) is 17.6 Å². The van der Waals surface area contributed by atoms with Gasteiger partial charge in [0.25, 0.3) is 0 Å². The summed E-state index contributed by atoms with van der Waals surface area (Å²) < 4.78 is 0.885. The molecule has 0 atom stereocenters. The van der Waals surface area contributed by atoms with E-state index in [-0.39, 0.29) is 5.54 Å². The molecule has 0 fully saturated rings. The van der Waals surface area contributed by atoms with Gasteiger partial charge in [0.1, 0.15) is 10.4 Å². The van der Waals surface area contributed by atoms with Gasteiger partial charge in [-0.3, -0.25) is 0 Å². The zero-order chi connectivity index (χ0) is 11.3. The number of anilines is 2. The molecule has 16 heavy (non-hydrogen) atoms. The minimum absolute atomic E-state index is 0.170. The monoisotopic (exact) mass is 279 g/mol. The van der Waals surface area contributed by atoms with Crippen molar-refractivity contribution in [2.45, 2.75) is 32.2 Å². The normalized spacial score (nSPS) is 20.9. The molecule has 4 heteroatoms. The fourth-order valence-corrected chi connectivity index (χ4v) is 2.81. The standard InChI is InChI=1S/C12H14BrN3/c1-12(2)5-3-4-11-15-8-7-14-10(13)6-9(8)16(11)12/h4,6-7,15H,3,5H2,1-2H3. The van der Waals surface area contributed by atoms with Crippen molar-refractivity contribution >= 4 is 27.3 Å². The molecule has 0 amide bonds. The molecule has 3 heterocycles. The van der Waals surface area contributed by atoms with Gasteiger partial charge >= 0.3 is 0 Å². The Hall–Kier alpha value is -1.03. The van der Waals surface area contributed by atoms with Crippen LogP contribution in [0.4, 0.5) is 11.4 Å². The summed E-state index contributed by atoms with van der Waals surface area (Å²) in [6, 6.07) is 2.08. The highest BCUT2D eigenvalue weighted by Crippen LogP contribution is 2.45. The number of nitrogens with one attached hydrogen (secondary N) is 1. The third kappa shape index (κ3) is 1.36. The largest absolute Gasteiger partial charge is 0.339 e. The number of halogens is 1. The van der Waals surface area contributed by atoms with E-state index >= 15 is 0 Å². The molecule has 0 saturated carbocycles. The fourth-order valence-electron chi connectivity index (χ4n) is 2.49. The summed E-state index contributed by atoms with van der Waals surface area (Å²) >= 11 is 3.43. The zero-order valence-corrected chi connectivity index (χ0v) is 11.0. The molecule has 3 nitrogen and oxygen atoms in total. The van der Waals surface area contributed by atoms with Gasteiger partial charge in [-0.1, -0.05) is 0 Å². The number of nitrogens with zero attached hydrogens (tertiary/aromatic N) is 2. The van der Waals surface area contributed by atoms with Crippen LogP contribution in [0.25, 0.3) is 0 Å². The average molecular weight is 280 g/mol. The van der Waals surface area contributed by atoms with Gasteiger partial charge in [0.15, 0.2) is 0 Å². The SMILES string of the molecule is CC1(C)CCC=C2Nc3cnc(Br)cc3N21. The van der Waals surface area contributed by atoms with Crippen molar-refractivity contribution < 1.29 is 0 Å². The van der Waals surface area contributed by atoms with Gasteiger partial charge in [-0.2, -0.15) is 0 Å². The van der Waals surface area contributed by atoms with E-state index in [0.717, 1.165) is 16.7 Å². The molecule has 0 aliphatic carbocycles. The molecule has 0 spiro atoms. The molecule has 84 valence electrons. The summed E-state index contributed by atoms with van der Waals surface area (Å²) in [6.07, 6.45) is 6.46. The lowest BCUT2D eigenvalue weighted by Gasteiger charge is -2.40. The molecule has 3 rings (SSSR count). The maximum Gasteiger partial charge on any atom is 0.108 e. The van der Waals surface area contributed by atoms with E-state index in [4.69, 9.17) is 0 Å². The van der Waals surface area contributed by atoms with Crippen LogP contribution in [-0.2, 0) is 0 Å². The third-order valence-corrected chi connectivity index (χ3v) is 3.73. The van der Waals surface area contributed by atoms with Crippen molar-refractivity contribution in [3.63, 3.8) is 0 Å². The second-order valence-electron chi connectivity index (χ2n) is 4.93. The Morgan fingerprint density at radius 2 is 2.31 bits per heavy atom.